The predicted octanol–water partition coefficient (Wildman–Crippen LogP) is 6.45. The Morgan fingerprint density at radius 3 is 2.38 bits per heavy atom. The highest BCUT2D eigenvalue weighted by atomic mass is 35.5. The summed E-state index contributed by atoms with van der Waals surface area (Å²) in [6, 6.07) is 10.5. The average Bonchev–Trinajstić information content (AvgIpc) is 3.54. The molecular formula is C23H15Cl2N3O8S. The van der Waals surface area contributed by atoms with Crippen LogP contribution in [0, 0.1) is 10.1 Å². The van der Waals surface area contributed by atoms with Crippen LogP contribution < -0.4 is 9.47 Å². The van der Waals surface area contributed by atoms with Crippen LogP contribution in [0.1, 0.15) is 5.76 Å². The van der Waals surface area contributed by atoms with E-state index in [0.29, 0.717) is 22.6 Å². The number of halogens is 2. The van der Waals surface area contributed by atoms with Crippen molar-refractivity contribution in [3.63, 3.8) is 0 Å². The second kappa shape index (κ2) is 10.9. The standard InChI is InChI=1S/C23H15Cl2N3O8S/c1-33-13-5-11(6-14(7-13)34-2)21-26-27-23(36-21)37-20(22(29)30)8-12-3-4-19(35-12)15-9-17(25)18(28(31)32)10-16(15)24/h3-10H,1-2H3,(H,29,30)/b20-8-. The third kappa shape index (κ3) is 5.88. The Morgan fingerprint density at radius 1 is 1.05 bits per heavy atom. The van der Waals surface area contributed by atoms with Crippen molar-refractivity contribution < 1.29 is 33.1 Å². The van der Waals surface area contributed by atoms with E-state index in [2.05, 4.69) is 10.2 Å². The first-order chi connectivity index (χ1) is 17.7. The summed E-state index contributed by atoms with van der Waals surface area (Å²) in [5, 5.41) is 28.5. The largest absolute Gasteiger partial charge is 0.497 e. The van der Waals surface area contributed by atoms with Crippen molar-refractivity contribution in [1.82, 2.24) is 10.2 Å². The smallest absolute Gasteiger partial charge is 0.342 e. The van der Waals surface area contributed by atoms with Crippen LogP contribution in [0.3, 0.4) is 0 Å². The molecular weight excluding hydrogens is 549 g/mol. The van der Waals surface area contributed by atoms with E-state index < -0.39 is 10.9 Å². The molecule has 0 saturated carbocycles. The quantitative estimate of drug-likeness (QED) is 0.103. The van der Waals surface area contributed by atoms with E-state index >= 15 is 0 Å². The van der Waals surface area contributed by atoms with Crippen LogP contribution in [0.5, 0.6) is 11.5 Å². The molecule has 0 aliphatic carbocycles. The molecule has 0 fully saturated rings. The van der Waals surface area contributed by atoms with E-state index in [-0.39, 0.29) is 43.3 Å². The fourth-order valence-electron chi connectivity index (χ4n) is 3.10. The van der Waals surface area contributed by atoms with Crippen LogP contribution >= 0.6 is 35.0 Å². The van der Waals surface area contributed by atoms with Crippen molar-refractivity contribution in [2.24, 2.45) is 0 Å². The Bertz CT molecular complexity index is 1510. The first-order valence-corrected chi connectivity index (χ1v) is 11.7. The van der Waals surface area contributed by atoms with E-state index in [0.717, 1.165) is 17.8 Å². The van der Waals surface area contributed by atoms with Gasteiger partial charge < -0.3 is 23.4 Å². The molecule has 14 heteroatoms. The molecule has 0 atom stereocenters. The molecule has 0 unspecified atom stereocenters. The van der Waals surface area contributed by atoms with Gasteiger partial charge in [-0.05, 0) is 42.1 Å². The number of carboxylic acids is 1. The minimum atomic E-state index is -1.26. The highest BCUT2D eigenvalue weighted by Gasteiger charge is 2.20. The summed E-state index contributed by atoms with van der Waals surface area (Å²) in [4.78, 5) is 22.1. The lowest BCUT2D eigenvalue weighted by Gasteiger charge is -2.05. The van der Waals surface area contributed by atoms with E-state index in [1.54, 1.807) is 18.2 Å². The van der Waals surface area contributed by atoms with Crippen molar-refractivity contribution >= 4 is 52.7 Å². The number of aliphatic carboxylic acids is 1. The molecule has 0 bridgehead atoms. The zero-order chi connectivity index (χ0) is 26.7. The first kappa shape index (κ1) is 26.1. The van der Waals surface area contributed by atoms with Crippen molar-refractivity contribution in [2.75, 3.05) is 14.2 Å². The average molecular weight is 564 g/mol. The van der Waals surface area contributed by atoms with E-state index in [1.165, 1.54) is 38.5 Å². The van der Waals surface area contributed by atoms with Gasteiger partial charge in [-0.1, -0.05) is 23.2 Å². The maximum atomic E-state index is 11.9. The molecule has 2 heterocycles. The lowest BCUT2D eigenvalue weighted by molar-refractivity contribution is -0.384. The lowest BCUT2D eigenvalue weighted by atomic mass is 10.1. The number of rotatable bonds is 9. The van der Waals surface area contributed by atoms with Gasteiger partial charge in [-0.25, -0.2) is 4.79 Å². The number of carbonyl (C=O) groups is 1. The number of nitrogens with zero attached hydrogens (tertiary/aromatic N) is 3. The van der Waals surface area contributed by atoms with Gasteiger partial charge in [0.15, 0.2) is 0 Å². The summed E-state index contributed by atoms with van der Waals surface area (Å²) in [5.41, 5.74) is 0.473. The molecule has 0 aliphatic heterocycles. The van der Waals surface area contributed by atoms with Gasteiger partial charge in [-0.2, -0.15) is 0 Å². The van der Waals surface area contributed by atoms with Gasteiger partial charge in [0.1, 0.15) is 32.9 Å². The molecule has 0 amide bonds. The van der Waals surface area contributed by atoms with Crippen LogP contribution in [0.25, 0.3) is 28.9 Å². The summed E-state index contributed by atoms with van der Waals surface area (Å²) in [5.74, 6) is 0.293. The van der Waals surface area contributed by atoms with Crippen LogP contribution in [0.15, 0.2) is 61.4 Å². The predicted molar refractivity (Wildman–Crippen MR) is 135 cm³/mol. The summed E-state index contributed by atoms with van der Waals surface area (Å²) >= 11 is 12.9. The highest BCUT2D eigenvalue weighted by molar-refractivity contribution is 8.03. The minimum Gasteiger partial charge on any atom is -0.497 e. The minimum absolute atomic E-state index is 0.0255. The van der Waals surface area contributed by atoms with Crippen LogP contribution in [0.4, 0.5) is 5.69 Å². The number of furan rings is 1. The number of carboxylic acid groups (broad SMARTS) is 1. The molecule has 190 valence electrons. The number of methoxy groups -OCH3 is 2. The second-order valence-corrected chi connectivity index (χ2v) is 8.94. The van der Waals surface area contributed by atoms with Gasteiger partial charge in [0.2, 0.25) is 5.89 Å². The van der Waals surface area contributed by atoms with E-state index in [1.807, 2.05) is 0 Å². The van der Waals surface area contributed by atoms with Gasteiger partial charge >= 0.3 is 5.97 Å². The zero-order valence-corrected chi connectivity index (χ0v) is 21.3. The van der Waals surface area contributed by atoms with Crippen molar-refractivity contribution in [2.45, 2.75) is 5.22 Å². The summed E-state index contributed by atoms with van der Waals surface area (Å²) in [6.45, 7) is 0. The zero-order valence-electron chi connectivity index (χ0n) is 18.9. The lowest BCUT2D eigenvalue weighted by Crippen LogP contribution is -1.96. The highest BCUT2D eigenvalue weighted by Crippen LogP contribution is 2.38. The molecule has 37 heavy (non-hydrogen) atoms. The van der Waals surface area contributed by atoms with Crippen LogP contribution in [0.2, 0.25) is 10.0 Å². The Hall–Kier alpha value is -4.00. The van der Waals surface area contributed by atoms with Gasteiger partial charge in [-0.3, -0.25) is 10.1 Å². The number of nitro benzene ring substituents is 1. The van der Waals surface area contributed by atoms with Gasteiger partial charge in [0.25, 0.3) is 10.9 Å². The number of hydrogen-bond donors (Lipinski definition) is 1. The maximum absolute atomic E-state index is 11.9. The molecule has 1 N–H and O–H groups in total. The molecule has 0 spiro atoms. The summed E-state index contributed by atoms with van der Waals surface area (Å²) in [6.07, 6.45) is 1.26. The number of ether oxygens (including phenoxy) is 2. The molecule has 0 saturated heterocycles. The van der Waals surface area contributed by atoms with Crippen LogP contribution in [-0.4, -0.2) is 40.4 Å². The van der Waals surface area contributed by atoms with E-state index in [9.17, 15) is 20.0 Å². The number of aromatic nitrogens is 2. The molecule has 4 aromatic rings. The Balaban J connectivity index is 1.59. The van der Waals surface area contributed by atoms with Gasteiger partial charge in [0.05, 0.1) is 24.2 Å². The summed E-state index contributed by atoms with van der Waals surface area (Å²) < 4.78 is 21.8. The molecule has 4 rings (SSSR count). The molecule has 0 aliphatic rings. The fraction of sp³-hybridized carbons (Fsp3) is 0.0870. The normalized spacial score (nSPS) is 11.4. The maximum Gasteiger partial charge on any atom is 0.342 e. The molecule has 11 nitrogen and oxygen atoms in total. The van der Waals surface area contributed by atoms with Crippen molar-refractivity contribution in [3.05, 3.63) is 73.3 Å². The van der Waals surface area contributed by atoms with Gasteiger partial charge in [0, 0.05) is 29.3 Å². The Morgan fingerprint density at radius 2 is 1.76 bits per heavy atom. The SMILES string of the molecule is COc1cc(OC)cc(-c2nnc(S/C(=C\c3ccc(-c4cc(Cl)c([N+](=O)[O-])cc4Cl)o3)C(=O)O)o2)c1. The van der Waals surface area contributed by atoms with Gasteiger partial charge in [-0.15, -0.1) is 10.2 Å². The first-order valence-electron chi connectivity index (χ1n) is 10.1. The van der Waals surface area contributed by atoms with Crippen molar-refractivity contribution in [3.8, 4) is 34.3 Å². The summed E-state index contributed by atoms with van der Waals surface area (Å²) in [7, 11) is 3.00. The second-order valence-electron chi connectivity index (χ2n) is 7.13. The van der Waals surface area contributed by atoms with Crippen LogP contribution in [-0.2, 0) is 4.79 Å². The number of thioether (sulfide) groups is 1. The molecule has 0 radical (unpaired) electrons. The fourth-order valence-corrected chi connectivity index (χ4v) is 4.23. The monoisotopic (exact) mass is 563 g/mol. The third-order valence-corrected chi connectivity index (χ3v) is 6.28. The molecule has 2 aromatic heterocycles. The number of hydrogen-bond acceptors (Lipinski definition) is 10. The third-order valence-electron chi connectivity index (χ3n) is 4.81. The Kier molecular flexibility index (Phi) is 7.71. The topological polar surface area (TPSA) is 151 Å². The number of benzene rings is 2. The number of nitro groups is 1. The molecule has 2 aromatic carbocycles. The van der Waals surface area contributed by atoms with Crippen molar-refractivity contribution in [1.29, 1.82) is 0 Å². The Labute approximate surface area is 222 Å². The van der Waals surface area contributed by atoms with E-state index in [4.69, 9.17) is 41.5 Å².